The number of thioether (sulfide) groups is 1. The highest BCUT2D eigenvalue weighted by Crippen LogP contribution is 2.33. The molecule has 0 aliphatic carbocycles. The van der Waals surface area contributed by atoms with Gasteiger partial charge in [-0.15, -0.1) is 0 Å². The van der Waals surface area contributed by atoms with Crippen molar-refractivity contribution in [1.29, 1.82) is 0 Å². The van der Waals surface area contributed by atoms with Crippen molar-refractivity contribution in [2.45, 2.75) is 5.25 Å². The summed E-state index contributed by atoms with van der Waals surface area (Å²) in [5.41, 5.74) is 0.869. The second-order valence-electron chi connectivity index (χ2n) is 5.42. The van der Waals surface area contributed by atoms with Crippen LogP contribution in [0.3, 0.4) is 0 Å². The third kappa shape index (κ3) is 2.92. The number of hydrogen-bond acceptors (Lipinski definition) is 5. The average molecular weight is 326 g/mol. The van der Waals surface area contributed by atoms with E-state index in [1.807, 2.05) is 42.1 Å². The summed E-state index contributed by atoms with van der Waals surface area (Å²) in [6, 6.07) is 13.9. The maximum absolute atomic E-state index is 12.3. The monoisotopic (exact) mass is 326 g/mol. The second-order valence-corrected chi connectivity index (χ2v) is 6.76. The van der Waals surface area contributed by atoms with Crippen LogP contribution in [0.4, 0.5) is 0 Å². The summed E-state index contributed by atoms with van der Waals surface area (Å²) >= 11 is 1.84. The lowest BCUT2D eigenvalue weighted by molar-refractivity contribution is 0.328. The Bertz CT molecular complexity index is 913. The van der Waals surface area contributed by atoms with Gasteiger partial charge in [0.05, 0.1) is 0 Å². The normalized spacial score (nSPS) is 16.4. The number of phenolic OH excluding ortho intramolecular Hbond substituents is 1. The maximum atomic E-state index is 12.3. The molecule has 23 heavy (non-hydrogen) atoms. The smallest absolute Gasteiger partial charge is 0.197 e. The molecule has 1 aliphatic heterocycles. The summed E-state index contributed by atoms with van der Waals surface area (Å²) in [7, 11) is 0. The van der Waals surface area contributed by atoms with Gasteiger partial charge in [0, 0.05) is 34.8 Å². The quantitative estimate of drug-likeness (QED) is 0.742. The van der Waals surface area contributed by atoms with Crippen molar-refractivity contribution in [3.63, 3.8) is 0 Å². The number of phenols is 1. The van der Waals surface area contributed by atoms with E-state index in [0.717, 1.165) is 11.3 Å². The van der Waals surface area contributed by atoms with Gasteiger partial charge >= 0.3 is 0 Å². The molecular formula is C18H14O4S. The van der Waals surface area contributed by atoms with E-state index < -0.39 is 0 Å². The molecule has 3 aromatic rings. The highest BCUT2D eigenvalue weighted by atomic mass is 32.2. The number of aromatic hydroxyl groups is 1. The molecule has 116 valence electrons. The van der Waals surface area contributed by atoms with Crippen LogP contribution in [-0.4, -0.2) is 22.7 Å². The number of hydrogen-bond donors (Lipinski definition) is 1. The average Bonchev–Trinajstić information content (AvgIpc) is 3.37. The number of fused-ring (bicyclic) bond motifs is 1. The Morgan fingerprint density at radius 1 is 1.22 bits per heavy atom. The standard InChI is InChI=1S/C18H14O4S/c19-14-6-12(21-9-13-10-23-13)7-17-18(14)15(20)8-16(22-17)11-4-2-1-3-5-11/h1-8,13,19H,9-10H2. The molecular weight excluding hydrogens is 312 g/mol. The fourth-order valence-electron chi connectivity index (χ4n) is 2.42. The predicted octanol–water partition coefficient (Wildman–Crippen LogP) is 3.66. The summed E-state index contributed by atoms with van der Waals surface area (Å²) in [5.74, 6) is 1.97. The van der Waals surface area contributed by atoms with Crippen LogP contribution in [0, 0.1) is 0 Å². The topological polar surface area (TPSA) is 59.7 Å². The Hall–Kier alpha value is -2.40. The zero-order valence-electron chi connectivity index (χ0n) is 12.2. The number of rotatable bonds is 4. The van der Waals surface area contributed by atoms with E-state index in [9.17, 15) is 9.90 Å². The first-order valence-corrected chi connectivity index (χ1v) is 8.36. The lowest BCUT2D eigenvalue weighted by Gasteiger charge is -2.08. The fraction of sp³-hybridized carbons (Fsp3) is 0.167. The van der Waals surface area contributed by atoms with Gasteiger partial charge in [-0.25, -0.2) is 0 Å². The Balaban J connectivity index is 1.80. The van der Waals surface area contributed by atoms with Gasteiger partial charge in [-0.1, -0.05) is 30.3 Å². The van der Waals surface area contributed by atoms with E-state index in [-0.39, 0.29) is 16.6 Å². The minimum Gasteiger partial charge on any atom is -0.507 e. The molecule has 1 aliphatic rings. The largest absolute Gasteiger partial charge is 0.507 e. The zero-order chi connectivity index (χ0) is 15.8. The van der Waals surface area contributed by atoms with Crippen molar-refractivity contribution in [2.75, 3.05) is 12.4 Å². The molecule has 4 nitrogen and oxygen atoms in total. The summed E-state index contributed by atoms with van der Waals surface area (Å²) < 4.78 is 11.5. The highest BCUT2D eigenvalue weighted by molar-refractivity contribution is 8.06. The van der Waals surface area contributed by atoms with Crippen molar-refractivity contribution < 1.29 is 14.3 Å². The molecule has 0 radical (unpaired) electrons. The van der Waals surface area contributed by atoms with Crippen molar-refractivity contribution in [1.82, 2.24) is 0 Å². The van der Waals surface area contributed by atoms with Gasteiger partial charge in [0.2, 0.25) is 0 Å². The molecule has 4 rings (SSSR count). The van der Waals surface area contributed by atoms with Gasteiger partial charge in [0.25, 0.3) is 0 Å². The van der Waals surface area contributed by atoms with E-state index in [2.05, 4.69) is 0 Å². The first-order chi connectivity index (χ1) is 11.2. The minimum atomic E-state index is -0.271. The molecule has 0 saturated carbocycles. The number of ether oxygens (including phenoxy) is 1. The van der Waals surface area contributed by atoms with Crippen molar-refractivity contribution in [3.05, 3.63) is 58.8 Å². The van der Waals surface area contributed by atoms with Gasteiger partial charge in [-0.3, -0.25) is 4.79 Å². The third-order valence-electron chi connectivity index (χ3n) is 3.68. The van der Waals surface area contributed by atoms with E-state index in [4.69, 9.17) is 9.15 Å². The van der Waals surface area contributed by atoms with Crippen LogP contribution in [0.5, 0.6) is 11.5 Å². The SMILES string of the molecule is O=c1cc(-c2ccccc2)oc2cc(OCC3CS3)cc(O)c12. The molecule has 2 aromatic carbocycles. The molecule has 2 heterocycles. The van der Waals surface area contributed by atoms with Crippen LogP contribution in [-0.2, 0) is 0 Å². The zero-order valence-corrected chi connectivity index (χ0v) is 13.0. The molecule has 0 amide bonds. The Morgan fingerprint density at radius 2 is 2.00 bits per heavy atom. The van der Waals surface area contributed by atoms with Gasteiger partial charge in [0.15, 0.2) is 5.43 Å². The Kier molecular flexibility index (Phi) is 3.50. The molecule has 1 atom stereocenters. The van der Waals surface area contributed by atoms with Gasteiger partial charge < -0.3 is 14.3 Å². The Morgan fingerprint density at radius 3 is 2.74 bits per heavy atom. The third-order valence-corrected chi connectivity index (χ3v) is 4.62. The molecule has 0 spiro atoms. The molecule has 1 N–H and O–H groups in total. The summed E-state index contributed by atoms with van der Waals surface area (Å²) in [4.78, 5) is 12.3. The van der Waals surface area contributed by atoms with E-state index in [0.29, 0.717) is 28.9 Å². The molecule has 0 bridgehead atoms. The van der Waals surface area contributed by atoms with Crippen LogP contribution in [0.1, 0.15) is 0 Å². The van der Waals surface area contributed by atoms with Crippen LogP contribution >= 0.6 is 11.8 Å². The van der Waals surface area contributed by atoms with Gasteiger partial charge in [-0.2, -0.15) is 11.8 Å². The van der Waals surface area contributed by atoms with Gasteiger partial charge in [0.1, 0.15) is 34.8 Å². The fourth-order valence-corrected chi connectivity index (χ4v) is 2.82. The molecule has 5 heteroatoms. The van der Waals surface area contributed by atoms with Crippen molar-refractivity contribution in [2.24, 2.45) is 0 Å². The molecule has 1 unspecified atom stereocenters. The van der Waals surface area contributed by atoms with Crippen molar-refractivity contribution in [3.8, 4) is 22.8 Å². The lowest BCUT2D eigenvalue weighted by atomic mass is 10.1. The van der Waals surface area contributed by atoms with E-state index >= 15 is 0 Å². The Labute approximate surface area is 136 Å². The first-order valence-electron chi connectivity index (χ1n) is 7.31. The molecule has 1 saturated heterocycles. The van der Waals surface area contributed by atoms with Crippen LogP contribution < -0.4 is 10.2 Å². The summed E-state index contributed by atoms with van der Waals surface area (Å²) in [5, 5.41) is 10.8. The first kappa shape index (κ1) is 14.2. The summed E-state index contributed by atoms with van der Waals surface area (Å²) in [6.45, 7) is 0.595. The van der Waals surface area contributed by atoms with Crippen LogP contribution in [0.15, 0.2) is 57.7 Å². The van der Waals surface area contributed by atoms with Gasteiger partial charge in [-0.05, 0) is 0 Å². The highest BCUT2D eigenvalue weighted by Gasteiger charge is 2.23. The minimum absolute atomic E-state index is 0.116. The second kappa shape index (κ2) is 5.66. The molecule has 1 fully saturated rings. The number of benzene rings is 2. The summed E-state index contributed by atoms with van der Waals surface area (Å²) in [6.07, 6.45) is 0. The van der Waals surface area contributed by atoms with Crippen LogP contribution in [0.2, 0.25) is 0 Å². The lowest BCUT2D eigenvalue weighted by Crippen LogP contribution is -2.04. The predicted molar refractivity (Wildman–Crippen MR) is 91.3 cm³/mol. The van der Waals surface area contributed by atoms with E-state index in [1.165, 1.54) is 12.1 Å². The van der Waals surface area contributed by atoms with Crippen LogP contribution in [0.25, 0.3) is 22.3 Å². The van der Waals surface area contributed by atoms with Crippen molar-refractivity contribution >= 4 is 22.7 Å². The molecule has 1 aromatic heterocycles. The van der Waals surface area contributed by atoms with E-state index in [1.54, 1.807) is 6.07 Å². The maximum Gasteiger partial charge on any atom is 0.197 e.